The molecule has 157 valence electrons. The summed E-state index contributed by atoms with van der Waals surface area (Å²) in [5.74, 6) is 0. The van der Waals surface area contributed by atoms with Gasteiger partial charge in [0, 0.05) is 20.1 Å². The molecule has 0 aliphatic rings. The fourth-order valence-corrected chi connectivity index (χ4v) is 3.63. The van der Waals surface area contributed by atoms with Crippen molar-refractivity contribution in [1.82, 2.24) is 4.98 Å². The molecule has 4 rings (SSSR count). The molecule has 4 aromatic rings. The predicted molar refractivity (Wildman–Crippen MR) is 126 cm³/mol. The summed E-state index contributed by atoms with van der Waals surface area (Å²) in [6.45, 7) is 2.26. The number of aryl methyl sites for hydroxylation is 1. The largest absolute Gasteiger partial charge is 0.296 e. The Morgan fingerprint density at radius 2 is 1.60 bits per heavy atom. The van der Waals surface area contributed by atoms with E-state index in [1.54, 1.807) is 0 Å². The van der Waals surface area contributed by atoms with Crippen LogP contribution < -0.4 is 0 Å². The minimum atomic E-state index is 0. The van der Waals surface area contributed by atoms with E-state index < -0.39 is 0 Å². The van der Waals surface area contributed by atoms with Gasteiger partial charge in [-0.15, -0.1) is 35.4 Å². The normalized spacial score (nSPS) is 10.3. The molecule has 1 radical (unpaired) electrons. The van der Waals surface area contributed by atoms with Crippen molar-refractivity contribution >= 4 is 10.9 Å². The number of pyridine rings is 1. The first-order valence-electron chi connectivity index (χ1n) is 10.3. The van der Waals surface area contributed by atoms with Crippen molar-refractivity contribution in [1.29, 1.82) is 0 Å². The van der Waals surface area contributed by atoms with Crippen molar-refractivity contribution in [3.63, 3.8) is 0 Å². The van der Waals surface area contributed by atoms with Gasteiger partial charge >= 0.3 is 0 Å². The smallest absolute Gasteiger partial charge is 0.0595 e. The second kappa shape index (κ2) is 11.8. The zero-order chi connectivity index (χ0) is 19.2. The van der Waals surface area contributed by atoms with Gasteiger partial charge in [-0.3, -0.25) is 4.98 Å². The third-order valence-corrected chi connectivity index (χ3v) is 5.28. The van der Waals surface area contributed by atoms with Gasteiger partial charge in [0.05, 0.1) is 5.52 Å². The van der Waals surface area contributed by atoms with Gasteiger partial charge in [0.2, 0.25) is 0 Å². The van der Waals surface area contributed by atoms with Crippen molar-refractivity contribution in [3.8, 4) is 22.4 Å². The van der Waals surface area contributed by atoms with E-state index in [1.165, 1.54) is 48.8 Å². The van der Waals surface area contributed by atoms with Crippen LogP contribution in [0.3, 0.4) is 0 Å². The number of rotatable bonds is 7. The van der Waals surface area contributed by atoms with Crippen LogP contribution in [-0.4, -0.2) is 4.98 Å². The molecule has 0 atom stereocenters. The summed E-state index contributed by atoms with van der Waals surface area (Å²) in [4.78, 5) is 4.81. The van der Waals surface area contributed by atoms with E-state index in [0.29, 0.717) is 0 Å². The van der Waals surface area contributed by atoms with Crippen LogP contribution in [0.5, 0.6) is 0 Å². The number of aromatic nitrogens is 1. The van der Waals surface area contributed by atoms with Crippen LogP contribution >= 0.6 is 0 Å². The van der Waals surface area contributed by atoms with Gasteiger partial charge in [-0.25, -0.2) is 0 Å². The van der Waals surface area contributed by atoms with Gasteiger partial charge in [0.25, 0.3) is 0 Å². The Hall–Kier alpha value is -2.28. The second-order valence-corrected chi connectivity index (χ2v) is 7.39. The van der Waals surface area contributed by atoms with Gasteiger partial charge < -0.3 is 0 Å². The van der Waals surface area contributed by atoms with Crippen molar-refractivity contribution in [2.75, 3.05) is 0 Å². The Labute approximate surface area is 194 Å². The predicted octanol–water partition coefficient (Wildman–Crippen LogP) is 8.13. The maximum Gasteiger partial charge on any atom is 0.0595 e. The van der Waals surface area contributed by atoms with Gasteiger partial charge in [-0.1, -0.05) is 88.2 Å². The zero-order valence-corrected chi connectivity index (χ0v) is 19.2. The average Bonchev–Trinajstić information content (AvgIpc) is 2.77. The van der Waals surface area contributed by atoms with Crippen molar-refractivity contribution in [3.05, 3.63) is 90.5 Å². The molecule has 0 amide bonds. The summed E-state index contributed by atoms with van der Waals surface area (Å²) >= 11 is 0. The molecule has 30 heavy (non-hydrogen) atoms. The first kappa shape index (κ1) is 24.0. The molecule has 1 aromatic heterocycles. The number of nitrogens with zero attached hydrogens (tertiary/aromatic N) is 1. The summed E-state index contributed by atoms with van der Waals surface area (Å²) < 4.78 is 0. The summed E-state index contributed by atoms with van der Waals surface area (Å²) in [7, 11) is 0. The van der Waals surface area contributed by atoms with E-state index in [4.69, 9.17) is 4.98 Å². The van der Waals surface area contributed by atoms with E-state index in [0.717, 1.165) is 22.2 Å². The Balaban J connectivity index is 0.00000160. The molecule has 0 spiro atoms. The van der Waals surface area contributed by atoms with Crippen LogP contribution in [0.2, 0.25) is 0 Å². The van der Waals surface area contributed by atoms with Crippen molar-refractivity contribution in [2.24, 2.45) is 0 Å². The standard InChI is InChI=1S/C27H26N.CH4.Ir/c1-2-3-4-5-9-21-14-16-22(17-15-21)24-11-8-12-25(20-24)27-19-18-23-10-6-7-13-26(23)28-27;;/h6-8,10-11,13-20H,2-5,9H2,1H3;1H4;/q-1;;. The van der Waals surface area contributed by atoms with Crippen LogP contribution in [-0.2, 0) is 26.5 Å². The molecule has 0 saturated carbocycles. The third-order valence-electron chi connectivity index (χ3n) is 5.28. The molecule has 0 aliphatic heterocycles. The van der Waals surface area contributed by atoms with Gasteiger partial charge in [-0.05, 0) is 41.1 Å². The van der Waals surface area contributed by atoms with Gasteiger partial charge in [0.15, 0.2) is 0 Å². The molecule has 0 N–H and O–H groups in total. The second-order valence-electron chi connectivity index (χ2n) is 7.39. The molecule has 1 nitrogen and oxygen atoms in total. The van der Waals surface area contributed by atoms with E-state index in [-0.39, 0.29) is 27.5 Å². The van der Waals surface area contributed by atoms with Crippen LogP contribution in [0, 0.1) is 6.07 Å². The monoisotopic (exact) mass is 573 g/mol. The fraction of sp³-hybridized carbons (Fsp3) is 0.250. The number of unbranched alkanes of at least 4 members (excludes halogenated alkanes) is 3. The average molecular weight is 573 g/mol. The van der Waals surface area contributed by atoms with Crippen LogP contribution in [0.15, 0.2) is 78.9 Å². The number of hydrogen-bond donors (Lipinski definition) is 0. The Kier molecular flexibility index (Phi) is 9.43. The first-order chi connectivity index (χ1) is 13.8. The summed E-state index contributed by atoms with van der Waals surface area (Å²) in [6, 6.07) is 31.1. The zero-order valence-electron chi connectivity index (χ0n) is 16.8. The summed E-state index contributed by atoms with van der Waals surface area (Å²) in [6.07, 6.45) is 6.41. The van der Waals surface area contributed by atoms with Crippen LogP contribution in [0.25, 0.3) is 33.3 Å². The molecule has 0 saturated heterocycles. The minimum Gasteiger partial charge on any atom is -0.296 e. The molecule has 1 heterocycles. The Morgan fingerprint density at radius 3 is 2.40 bits per heavy atom. The molecular formula is C28H30IrN-. The molecule has 2 heteroatoms. The van der Waals surface area contributed by atoms with Crippen LogP contribution in [0.4, 0.5) is 0 Å². The van der Waals surface area contributed by atoms with Crippen molar-refractivity contribution in [2.45, 2.75) is 46.5 Å². The third kappa shape index (κ3) is 5.88. The number of fused-ring (bicyclic) bond motifs is 1. The molecule has 0 aliphatic carbocycles. The number of benzene rings is 3. The van der Waals surface area contributed by atoms with Gasteiger partial charge in [0.1, 0.15) is 0 Å². The topological polar surface area (TPSA) is 12.9 Å². The SMILES string of the molecule is C.CCCCCCc1ccc(-c2cc[c-]c(-c3ccc4ccccc4n3)c2)cc1.[Ir]. The summed E-state index contributed by atoms with van der Waals surface area (Å²) in [5, 5.41) is 1.16. The maximum atomic E-state index is 4.81. The molecule has 3 aromatic carbocycles. The summed E-state index contributed by atoms with van der Waals surface area (Å²) in [5.41, 5.74) is 6.90. The molecular weight excluding hydrogens is 543 g/mol. The van der Waals surface area contributed by atoms with E-state index in [1.807, 2.05) is 18.2 Å². The van der Waals surface area contributed by atoms with Crippen LogP contribution in [0.1, 0.15) is 45.6 Å². The Morgan fingerprint density at radius 1 is 0.800 bits per heavy atom. The maximum absolute atomic E-state index is 4.81. The Bertz CT molecular complexity index is 1050. The van der Waals surface area contributed by atoms with E-state index >= 15 is 0 Å². The molecule has 0 unspecified atom stereocenters. The number of para-hydroxylation sites is 1. The first-order valence-corrected chi connectivity index (χ1v) is 10.3. The van der Waals surface area contributed by atoms with E-state index in [2.05, 4.69) is 73.7 Å². The minimum absolute atomic E-state index is 0. The van der Waals surface area contributed by atoms with Gasteiger partial charge in [-0.2, -0.15) is 0 Å². The molecule has 0 bridgehead atoms. The number of hydrogen-bond acceptors (Lipinski definition) is 1. The molecule has 0 fully saturated rings. The quantitative estimate of drug-likeness (QED) is 0.161. The van der Waals surface area contributed by atoms with E-state index in [9.17, 15) is 0 Å². The fourth-order valence-electron chi connectivity index (χ4n) is 3.63. The van der Waals surface area contributed by atoms with Crippen molar-refractivity contribution < 1.29 is 20.1 Å².